The minimum absolute atomic E-state index is 0.402. The fraction of sp³-hybridized carbons (Fsp3) is 0.875. The summed E-state index contributed by atoms with van der Waals surface area (Å²) in [5.41, 5.74) is 3.09. The summed E-state index contributed by atoms with van der Waals surface area (Å²) in [4.78, 5) is 4.75. The first kappa shape index (κ1) is 7.86. The summed E-state index contributed by atoms with van der Waals surface area (Å²) in [5, 5.41) is 4.29. The highest BCUT2D eigenvalue weighted by Crippen LogP contribution is 2.11. The fourth-order valence-electron chi connectivity index (χ4n) is 1.77. The first-order chi connectivity index (χ1) is 5.81. The van der Waals surface area contributed by atoms with Crippen LogP contribution in [-0.2, 0) is 0 Å². The zero-order chi connectivity index (χ0) is 8.55. The maximum absolute atomic E-state index is 4.29. The van der Waals surface area contributed by atoms with E-state index in [9.17, 15) is 0 Å². The lowest BCUT2D eigenvalue weighted by Gasteiger charge is -2.34. The Morgan fingerprint density at radius 1 is 1.58 bits per heavy atom. The summed E-state index contributed by atoms with van der Waals surface area (Å²) in [5.74, 6) is 1.20. The fourth-order valence-corrected chi connectivity index (χ4v) is 1.77. The van der Waals surface area contributed by atoms with Crippen molar-refractivity contribution in [1.29, 1.82) is 0 Å². The number of hydrazone groups is 1. The van der Waals surface area contributed by atoms with E-state index in [1.807, 2.05) is 0 Å². The molecular formula is C8H16N4. The lowest BCUT2D eigenvalue weighted by Crippen LogP contribution is -2.51. The van der Waals surface area contributed by atoms with Gasteiger partial charge < -0.3 is 4.90 Å². The van der Waals surface area contributed by atoms with Gasteiger partial charge in [-0.05, 0) is 13.5 Å². The van der Waals surface area contributed by atoms with Gasteiger partial charge >= 0.3 is 0 Å². The molecule has 1 fully saturated rings. The predicted molar refractivity (Wildman–Crippen MR) is 48.9 cm³/mol. The summed E-state index contributed by atoms with van der Waals surface area (Å²) >= 11 is 0. The van der Waals surface area contributed by atoms with Gasteiger partial charge in [0.1, 0.15) is 12.0 Å². The standard InChI is InChI=1S/C8H16N4/c1-3-11-4-5-12-7(2)9-10-8(12)6-11/h7,9H,3-6H2,1-2H3. The highest BCUT2D eigenvalue weighted by atomic mass is 15.5. The Morgan fingerprint density at radius 2 is 2.42 bits per heavy atom. The van der Waals surface area contributed by atoms with Crippen LogP contribution in [0.25, 0.3) is 0 Å². The second-order valence-electron chi connectivity index (χ2n) is 3.40. The number of likely N-dealkylation sites (N-methyl/N-ethyl adjacent to an activating group) is 1. The van der Waals surface area contributed by atoms with Gasteiger partial charge in [-0.3, -0.25) is 10.3 Å². The van der Waals surface area contributed by atoms with Crippen molar-refractivity contribution in [2.45, 2.75) is 20.0 Å². The molecule has 4 nitrogen and oxygen atoms in total. The van der Waals surface area contributed by atoms with Crippen LogP contribution in [-0.4, -0.2) is 48.0 Å². The largest absolute Gasteiger partial charge is 0.335 e. The smallest absolute Gasteiger partial charge is 0.140 e. The summed E-state index contributed by atoms with van der Waals surface area (Å²) in [6.45, 7) is 8.76. The van der Waals surface area contributed by atoms with Crippen LogP contribution in [0.15, 0.2) is 5.10 Å². The number of nitrogens with zero attached hydrogens (tertiary/aromatic N) is 3. The molecule has 4 heteroatoms. The number of hydrogen-bond acceptors (Lipinski definition) is 4. The van der Waals surface area contributed by atoms with E-state index in [2.05, 4.69) is 34.2 Å². The first-order valence-electron chi connectivity index (χ1n) is 4.62. The lowest BCUT2D eigenvalue weighted by molar-refractivity contribution is 0.214. The van der Waals surface area contributed by atoms with E-state index in [4.69, 9.17) is 0 Å². The molecule has 0 saturated carbocycles. The highest BCUT2D eigenvalue weighted by Gasteiger charge is 2.28. The van der Waals surface area contributed by atoms with Gasteiger partial charge in [0.25, 0.3) is 0 Å². The maximum atomic E-state index is 4.29. The topological polar surface area (TPSA) is 30.9 Å². The molecule has 0 aromatic heterocycles. The normalized spacial score (nSPS) is 29.7. The number of nitrogens with one attached hydrogen (secondary N) is 1. The van der Waals surface area contributed by atoms with Crippen LogP contribution >= 0.6 is 0 Å². The molecule has 0 aromatic rings. The number of piperazine rings is 1. The van der Waals surface area contributed by atoms with Crippen LogP contribution in [0.1, 0.15) is 13.8 Å². The van der Waals surface area contributed by atoms with Crippen molar-refractivity contribution < 1.29 is 0 Å². The number of amidine groups is 1. The summed E-state index contributed by atoms with van der Waals surface area (Å²) in [6.07, 6.45) is 0.402. The van der Waals surface area contributed by atoms with E-state index >= 15 is 0 Å². The molecule has 1 unspecified atom stereocenters. The van der Waals surface area contributed by atoms with Crippen molar-refractivity contribution >= 4 is 5.84 Å². The number of rotatable bonds is 1. The average Bonchev–Trinajstić information content (AvgIpc) is 2.47. The SMILES string of the molecule is CCN1CCN2C(=NNC2C)C1. The van der Waals surface area contributed by atoms with Crippen LogP contribution < -0.4 is 5.43 Å². The van der Waals surface area contributed by atoms with Crippen LogP contribution in [0.2, 0.25) is 0 Å². The zero-order valence-corrected chi connectivity index (χ0v) is 7.75. The van der Waals surface area contributed by atoms with Crippen LogP contribution in [0, 0.1) is 0 Å². The molecular weight excluding hydrogens is 152 g/mol. The van der Waals surface area contributed by atoms with Gasteiger partial charge in [-0.15, -0.1) is 0 Å². The van der Waals surface area contributed by atoms with Crippen molar-refractivity contribution in [1.82, 2.24) is 15.2 Å². The Labute approximate surface area is 73.2 Å². The van der Waals surface area contributed by atoms with Crippen molar-refractivity contribution in [3.63, 3.8) is 0 Å². The molecule has 2 aliphatic rings. The molecule has 68 valence electrons. The molecule has 12 heavy (non-hydrogen) atoms. The molecule has 2 heterocycles. The van der Waals surface area contributed by atoms with E-state index in [1.165, 1.54) is 12.4 Å². The minimum atomic E-state index is 0.402. The van der Waals surface area contributed by atoms with Gasteiger partial charge in [-0.2, -0.15) is 5.10 Å². The average molecular weight is 168 g/mol. The van der Waals surface area contributed by atoms with Gasteiger partial charge in [0, 0.05) is 13.1 Å². The second kappa shape index (κ2) is 2.94. The Balaban J connectivity index is 2.02. The Bertz CT molecular complexity index is 201. The van der Waals surface area contributed by atoms with Gasteiger partial charge in [0.05, 0.1) is 6.54 Å². The van der Waals surface area contributed by atoms with Gasteiger partial charge in [-0.25, -0.2) is 0 Å². The Morgan fingerprint density at radius 3 is 3.17 bits per heavy atom. The van der Waals surface area contributed by atoms with Crippen molar-refractivity contribution in [2.24, 2.45) is 5.10 Å². The van der Waals surface area contributed by atoms with E-state index in [0.29, 0.717) is 6.17 Å². The molecule has 1 atom stereocenters. The predicted octanol–water partition coefficient (Wildman–Crippen LogP) is -0.113. The van der Waals surface area contributed by atoms with E-state index in [1.54, 1.807) is 0 Å². The van der Waals surface area contributed by atoms with E-state index in [0.717, 1.165) is 19.6 Å². The number of hydrogen-bond donors (Lipinski definition) is 1. The third-order valence-electron chi connectivity index (χ3n) is 2.65. The Hall–Kier alpha value is -0.770. The molecule has 1 N–H and O–H groups in total. The van der Waals surface area contributed by atoms with E-state index < -0.39 is 0 Å². The summed E-state index contributed by atoms with van der Waals surface area (Å²) in [7, 11) is 0. The first-order valence-corrected chi connectivity index (χ1v) is 4.62. The molecule has 0 aromatic carbocycles. The van der Waals surface area contributed by atoms with Gasteiger partial charge in [-0.1, -0.05) is 6.92 Å². The molecule has 2 rings (SSSR count). The van der Waals surface area contributed by atoms with Gasteiger partial charge in [0.2, 0.25) is 0 Å². The maximum Gasteiger partial charge on any atom is 0.140 e. The van der Waals surface area contributed by atoms with Crippen LogP contribution in [0.3, 0.4) is 0 Å². The lowest BCUT2D eigenvalue weighted by atomic mass is 10.3. The van der Waals surface area contributed by atoms with Crippen molar-refractivity contribution in [3.05, 3.63) is 0 Å². The van der Waals surface area contributed by atoms with Gasteiger partial charge in [0.15, 0.2) is 0 Å². The minimum Gasteiger partial charge on any atom is -0.335 e. The number of fused-ring (bicyclic) bond motifs is 1. The van der Waals surface area contributed by atoms with Crippen molar-refractivity contribution in [3.8, 4) is 0 Å². The quantitative estimate of drug-likeness (QED) is 0.592. The zero-order valence-electron chi connectivity index (χ0n) is 7.75. The Kier molecular flexibility index (Phi) is 1.92. The highest BCUT2D eigenvalue weighted by molar-refractivity contribution is 5.86. The van der Waals surface area contributed by atoms with Crippen molar-refractivity contribution in [2.75, 3.05) is 26.2 Å². The molecule has 2 aliphatic heterocycles. The van der Waals surface area contributed by atoms with Crippen LogP contribution in [0.4, 0.5) is 0 Å². The molecule has 0 spiro atoms. The molecule has 0 aliphatic carbocycles. The van der Waals surface area contributed by atoms with Crippen LogP contribution in [0.5, 0.6) is 0 Å². The second-order valence-corrected chi connectivity index (χ2v) is 3.40. The summed E-state index contributed by atoms with van der Waals surface area (Å²) in [6, 6.07) is 0. The molecule has 1 saturated heterocycles. The van der Waals surface area contributed by atoms with E-state index in [-0.39, 0.29) is 0 Å². The third kappa shape index (κ3) is 1.16. The molecule has 0 amide bonds. The summed E-state index contributed by atoms with van der Waals surface area (Å²) < 4.78 is 0. The molecule has 0 bridgehead atoms. The third-order valence-corrected chi connectivity index (χ3v) is 2.65. The monoisotopic (exact) mass is 168 g/mol. The molecule has 0 radical (unpaired) electrons.